The number of carbonyl (C=O) groups excluding carboxylic acids is 1. The fourth-order valence-electron chi connectivity index (χ4n) is 4.08. The predicted molar refractivity (Wildman–Crippen MR) is 87.6 cm³/mol. The van der Waals surface area contributed by atoms with Crippen molar-refractivity contribution in [2.24, 2.45) is 0 Å². The van der Waals surface area contributed by atoms with Gasteiger partial charge >= 0.3 is 5.97 Å². The molecule has 0 aromatic rings. The molecule has 0 bridgehead atoms. The molecule has 21 heavy (non-hydrogen) atoms. The number of hydrogen-bond donors (Lipinski definition) is 0. The molecule has 1 aliphatic heterocycles. The number of esters is 1. The van der Waals surface area contributed by atoms with Crippen molar-refractivity contribution in [2.75, 3.05) is 0 Å². The van der Waals surface area contributed by atoms with Gasteiger partial charge in [0.2, 0.25) is 8.32 Å². The van der Waals surface area contributed by atoms with E-state index in [1.54, 1.807) is 6.08 Å². The second-order valence-electron chi connectivity index (χ2n) is 7.14. The van der Waals surface area contributed by atoms with Crippen LogP contribution in [0.5, 0.6) is 0 Å². The Morgan fingerprint density at radius 3 is 2.24 bits per heavy atom. The minimum absolute atomic E-state index is 0.0666. The summed E-state index contributed by atoms with van der Waals surface area (Å²) in [5, 5.41) is 0. The maximum Gasteiger partial charge on any atom is 0.331 e. The molecular formula is C17H28O3Si. The lowest BCUT2D eigenvalue weighted by Gasteiger charge is -2.45. The van der Waals surface area contributed by atoms with Crippen LogP contribution in [0.1, 0.15) is 48.0 Å². The van der Waals surface area contributed by atoms with Crippen LogP contribution in [0, 0.1) is 0 Å². The highest BCUT2D eigenvalue weighted by molar-refractivity contribution is 6.77. The van der Waals surface area contributed by atoms with Crippen LogP contribution in [0.15, 0.2) is 23.8 Å². The van der Waals surface area contributed by atoms with Gasteiger partial charge in [0.1, 0.15) is 6.10 Å². The maximum absolute atomic E-state index is 11.4. The molecule has 0 saturated carbocycles. The lowest BCUT2D eigenvalue weighted by Crippen LogP contribution is -2.50. The average Bonchev–Trinajstić information content (AvgIpc) is 2.73. The molecule has 0 saturated heterocycles. The summed E-state index contributed by atoms with van der Waals surface area (Å²) in [5.41, 5.74) is 2.68. The van der Waals surface area contributed by atoms with Crippen molar-refractivity contribution in [1.82, 2.24) is 0 Å². The predicted octanol–water partition coefficient (Wildman–Crippen LogP) is 4.36. The van der Waals surface area contributed by atoms with Gasteiger partial charge in [-0.2, -0.15) is 0 Å². The number of rotatable bonds is 5. The summed E-state index contributed by atoms with van der Waals surface area (Å²) >= 11 is 0. The van der Waals surface area contributed by atoms with Gasteiger partial charge in [0.05, 0.1) is 6.10 Å². The van der Waals surface area contributed by atoms with E-state index < -0.39 is 8.32 Å². The average molecular weight is 308 g/mol. The van der Waals surface area contributed by atoms with Crippen LogP contribution in [-0.2, 0) is 14.0 Å². The summed E-state index contributed by atoms with van der Waals surface area (Å²) < 4.78 is 12.1. The van der Waals surface area contributed by atoms with Gasteiger partial charge in [-0.3, -0.25) is 0 Å². The molecule has 0 fully saturated rings. The first kappa shape index (κ1) is 16.5. The Balaban J connectivity index is 2.18. The molecule has 2 rings (SSSR count). The summed E-state index contributed by atoms with van der Waals surface area (Å²) in [4.78, 5) is 11.4. The Morgan fingerprint density at radius 2 is 1.71 bits per heavy atom. The molecule has 2 aliphatic rings. The smallest absolute Gasteiger partial charge is 0.331 e. The van der Waals surface area contributed by atoms with Crippen LogP contribution < -0.4 is 0 Å². The first-order chi connectivity index (χ1) is 9.77. The van der Waals surface area contributed by atoms with E-state index in [1.165, 1.54) is 0 Å². The molecule has 0 aromatic heterocycles. The topological polar surface area (TPSA) is 35.5 Å². The monoisotopic (exact) mass is 308 g/mol. The van der Waals surface area contributed by atoms with E-state index >= 15 is 0 Å². The zero-order valence-electron chi connectivity index (χ0n) is 14.1. The SMILES string of the molecule is CC(C)[Si](O[C@@H]1C=CC2=CC(=O)O[C@H]2C1)(C(C)C)C(C)C. The second-order valence-corrected chi connectivity index (χ2v) is 12.5. The summed E-state index contributed by atoms with van der Waals surface area (Å²) in [6.07, 6.45) is 6.43. The van der Waals surface area contributed by atoms with E-state index in [4.69, 9.17) is 9.16 Å². The third-order valence-corrected chi connectivity index (χ3v) is 11.1. The van der Waals surface area contributed by atoms with E-state index in [9.17, 15) is 4.79 Å². The minimum atomic E-state index is -1.89. The molecule has 118 valence electrons. The normalized spacial score (nSPS) is 25.6. The van der Waals surface area contributed by atoms with Crippen molar-refractivity contribution in [3.05, 3.63) is 23.8 Å². The number of fused-ring (bicyclic) bond motifs is 1. The summed E-state index contributed by atoms with van der Waals surface area (Å²) in [6.45, 7) is 13.7. The lowest BCUT2D eigenvalue weighted by molar-refractivity contribution is -0.139. The first-order valence-electron chi connectivity index (χ1n) is 8.05. The van der Waals surface area contributed by atoms with Crippen LogP contribution in [-0.4, -0.2) is 26.5 Å². The molecule has 0 amide bonds. The highest BCUT2D eigenvalue weighted by atomic mass is 28.4. The minimum Gasteiger partial charge on any atom is -0.454 e. The molecular weight excluding hydrogens is 280 g/mol. The van der Waals surface area contributed by atoms with Gasteiger partial charge < -0.3 is 9.16 Å². The zero-order chi connectivity index (χ0) is 15.8. The van der Waals surface area contributed by atoms with E-state index in [0.717, 1.165) is 12.0 Å². The van der Waals surface area contributed by atoms with Gasteiger partial charge in [0, 0.05) is 12.5 Å². The molecule has 0 spiro atoms. The largest absolute Gasteiger partial charge is 0.454 e. The fraction of sp³-hybridized carbons (Fsp3) is 0.706. The Morgan fingerprint density at radius 1 is 1.14 bits per heavy atom. The quantitative estimate of drug-likeness (QED) is 0.559. The van der Waals surface area contributed by atoms with Gasteiger partial charge in [-0.1, -0.05) is 53.7 Å². The number of ether oxygens (including phenoxy) is 1. The van der Waals surface area contributed by atoms with Crippen molar-refractivity contribution < 1.29 is 14.0 Å². The molecule has 0 aromatic carbocycles. The molecule has 3 nitrogen and oxygen atoms in total. The highest BCUT2D eigenvalue weighted by Crippen LogP contribution is 2.44. The standard InChI is InChI=1S/C17H28O3Si/c1-11(2)21(12(3)4,13(5)6)20-15-8-7-14-9-17(18)19-16(14)10-15/h7-9,11-13,15-16H,10H2,1-6H3/t15-,16+/m1/s1. The first-order valence-corrected chi connectivity index (χ1v) is 10.2. The molecule has 2 atom stereocenters. The number of hydrogen-bond acceptors (Lipinski definition) is 3. The lowest BCUT2D eigenvalue weighted by atomic mass is 9.98. The van der Waals surface area contributed by atoms with E-state index in [1.807, 2.05) is 6.08 Å². The molecule has 0 N–H and O–H groups in total. The van der Waals surface area contributed by atoms with Gasteiger partial charge in [0.15, 0.2) is 0 Å². The maximum atomic E-state index is 11.4. The van der Waals surface area contributed by atoms with Crippen LogP contribution in [0.25, 0.3) is 0 Å². The fourth-order valence-corrected chi connectivity index (χ4v) is 9.59. The van der Waals surface area contributed by atoms with Gasteiger partial charge in [-0.05, 0) is 22.2 Å². The zero-order valence-corrected chi connectivity index (χ0v) is 15.1. The Bertz CT molecular complexity index is 441. The molecule has 1 aliphatic carbocycles. The number of carbonyl (C=O) groups is 1. The summed E-state index contributed by atoms with van der Waals surface area (Å²) in [7, 11) is -1.89. The Labute approximate surface area is 129 Å². The van der Waals surface area contributed by atoms with Crippen LogP contribution >= 0.6 is 0 Å². The second kappa shape index (κ2) is 6.09. The Hall–Kier alpha value is -0.873. The van der Waals surface area contributed by atoms with E-state index in [2.05, 4.69) is 47.6 Å². The van der Waals surface area contributed by atoms with Crippen molar-refractivity contribution in [2.45, 2.75) is 76.8 Å². The third kappa shape index (κ3) is 3.02. The van der Waals surface area contributed by atoms with E-state index in [0.29, 0.717) is 16.6 Å². The molecule has 4 heteroatoms. The van der Waals surface area contributed by atoms with Crippen molar-refractivity contribution in [3.8, 4) is 0 Å². The van der Waals surface area contributed by atoms with Gasteiger partial charge in [-0.15, -0.1) is 0 Å². The van der Waals surface area contributed by atoms with Crippen LogP contribution in [0.3, 0.4) is 0 Å². The van der Waals surface area contributed by atoms with E-state index in [-0.39, 0.29) is 18.2 Å². The van der Waals surface area contributed by atoms with Gasteiger partial charge in [-0.25, -0.2) is 4.79 Å². The van der Waals surface area contributed by atoms with Crippen molar-refractivity contribution >= 4 is 14.3 Å². The third-order valence-electron chi connectivity index (χ3n) is 4.93. The Kier molecular flexibility index (Phi) is 4.78. The summed E-state index contributed by atoms with van der Waals surface area (Å²) in [5.74, 6) is -0.222. The van der Waals surface area contributed by atoms with Gasteiger partial charge in [0.25, 0.3) is 0 Å². The molecule has 0 unspecified atom stereocenters. The van der Waals surface area contributed by atoms with Crippen molar-refractivity contribution in [3.63, 3.8) is 0 Å². The van der Waals surface area contributed by atoms with Crippen molar-refractivity contribution in [1.29, 1.82) is 0 Å². The molecule has 0 radical (unpaired) electrons. The highest BCUT2D eigenvalue weighted by Gasteiger charge is 2.47. The van der Waals surface area contributed by atoms with Crippen LogP contribution in [0.4, 0.5) is 0 Å². The molecule has 1 heterocycles. The van der Waals surface area contributed by atoms with Crippen LogP contribution in [0.2, 0.25) is 16.6 Å². The summed E-state index contributed by atoms with van der Waals surface area (Å²) in [6, 6.07) is 0.